The number of carbonyl (C=O) groups is 4. The maximum absolute atomic E-state index is 14.3. The second kappa shape index (κ2) is 11.5. The second-order valence-electron chi connectivity index (χ2n) is 12.7. The van der Waals surface area contributed by atoms with E-state index in [0.29, 0.717) is 25.9 Å². The molecular weight excluding hydrogens is 504 g/mol. The largest absolute Gasteiger partial charge is 0.349 e. The highest BCUT2D eigenvalue weighted by molar-refractivity contribution is 5.90. The van der Waals surface area contributed by atoms with Crippen molar-refractivity contribution >= 4 is 23.6 Å². The van der Waals surface area contributed by atoms with Crippen molar-refractivity contribution in [1.82, 2.24) is 20.4 Å². The van der Waals surface area contributed by atoms with E-state index in [0.717, 1.165) is 57.8 Å². The number of nitrogens with zero attached hydrogens (tertiary/aromatic N) is 2. The van der Waals surface area contributed by atoms with E-state index in [1.54, 1.807) is 0 Å². The fraction of sp³-hybridized carbons (Fsp3) is 0.688. The maximum Gasteiger partial charge on any atom is 0.245 e. The monoisotopic (exact) mass is 548 g/mol. The normalized spacial score (nSPS) is 28.9. The van der Waals surface area contributed by atoms with Crippen molar-refractivity contribution in [2.24, 2.45) is 17.8 Å². The number of carbonyl (C=O) groups excluding carboxylic acids is 4. The van der Waals surface area contributed by atoms with Crippen molar-refractivity contribution in [3.8, 4) is 0 Å². The van der Waals surface area contributed by atoms with E-state index in [1.807, 2.05) is 28.9 Å². The molecule has 5 unspecified atom stereocenters. The number of aryl methyl sites for hydroxylation is 1. The number of amides is 4. The number of rotatable bonds is 7. The van der Waals surface area contributed by atoms with E-state index in [4.69, 9.17) is 0 Å². The van der Waals surface area contributed by atoms with Crippen molar-refractivity contribution < 1.29 is 19.2 Å². The Labute approximate surface area is 237 Å². The molecule has 8 heteroatoms. The van der Waals surface area contributed by atoms with Crippen molar-refractivity contribution in [3.63, 3.8) is 0 Å². The number of likely N-dealkylation sites (tertiary alicyclic amines) is 2. The van der Waals surface area contributed by atoms with Crippen molar-refractivity contribution in [2.45, 2.75) is 108 Å². The first-order chi connectivity index (χ1) is 19.5. The Balaban J connectivity index is 1.26. The number of hydrogen-bond donors (Lipinski definition) is 2. The Morgan fingerprint density at radius 1 is 0.925 bits per heavy atom. The highest BCUT2D eigenvalue weighted by Crippen LogP contribution is 2.42. The maximum atomic E-state index is 14.3. The van der Waals surface area contributed by atoms with Gasteiger partial charge in [0, 0.05) is 25.4 Å². The van der Waals surface area contributed by atoms with Gasteiger partial charge in [-0.15, -0.1) is 0 Å². The van der Waals surface area contributed by atoms with Crippen LogP contribution in [0.15, 0.2) is 24.3 Å². The van der Waals surface area contributed by atoms with Gasteiger partial charge in [-0.05, 0) is 68.4 Å². The number of fused-ring (bicyclic) bond motifs is 2. The Morgan fingerprint density at radius 3 is 2.45 bits per heavy atom. The third kappa shape index (κ3) is 5.26. The molecule has 0 radical (unpaired) electrons. The lowest BCUT2D eigenvalue weighted by Gasteiger charge is -2.36. The van der Waals surface area contributed by atoms with Crippen LogP contribution in [0.4, 0.5) is 0 Å². The summed E-state index contributed by atoms with van der Waals surface area (Å²) in [5, 5.41) is 6.41. The molecule has 4 fully saturated rings. The zero-order valence-corrected chi connectivity index (χ0v) is 23.8. The van der Waals surface area contributed by atoms with Crippen molar-refractivity contribution in [1.29, 1.82) is 0 Å². The molecule has 1 aromatic carbocycles. The van der Waals surface area contributed by atoms with Gasteiger partial charge in [-0.1, -0.05) is 50.5 Å². The molecule has 0 bridgehead atoms. The first-order valence-corrected chi connectivity index (χ1v) is 15.7. The van der Waals surface area contributed by atoms with Crippen LogP contribution in [0.5, 0.6) is 0 Å². The zero-order chi connectivity index (χ0) is 27.8. The number of benzene rings is 1. The fourth-order valence-corrected chi connectivity index (χ4v) is 7.88. The Kier molecular flexibility index (Phi) is 7.87. The average Bonchev–Trinajstić information content (AvgIpc) is 3.64. The first-order valence-electron chi connectivity index (χ1n) is 15.7. The molecule has 0 aromatic heterocycles. The van der Waals surface area contributed by atoms with Gasteiger partial charge < -0.3 is 20.4 Å². The smallest absolute Gasteiger partial charge is 0.245 e. The SMILES string of the molecule is CCC(=O)NC(C(=O)N1CCC2C1C(C(=O)NC1CCCc3ccccc31)CN2C(=O)C1CC1)C1CCCCC1. The van der Waals surface area contributed by atoms with E-state index in [-0.39, 0.29) is 53.6 Å². The van der Waals surface area contributed by atoms with Crippen LogP contribution < -0.4 is 10.6 Å². The average molecular weight is 549 g/mol. The molecule has 2 saturated heterocycles. The van der Waals surface area contributed by atoms with Gasteiger partial charge in [-0.25, -0.2) is 0 Å². The molecule has 5 aliphatic rings. The lowest BCUT2D eigenvalue weighted by Crippen LogP contribution is -2.56. The summed E-state index contributed by atoms with van der Waals surface area (Å²) < 4.78 is 0. The summed E-state index contributed by atoms with van der Waals surface area (Å²) in [6.45, 7) is 2.69. The molecule has 2 heterocycles. The molecule has 2 saturated carbocycles. The topological polar surface area (TPSA) is 98.8 Å². The van der Waals surface area contributed by atoms with Crippen LogP contribution in [0, 0.1) is 17.8 Å². The van der Waals surface area contributed by atoms with Crippen LogP contribution in [0.1, 0.15) is 94.7 Å². The molecule has 5 atom stereocenters. The summed E-state index contributed by atoms with van der Waals surface area (Å²) in [4.78, 5) is 58.0. The molecule has 4 amide bonds. The highest BCUT2D eigenvalue weighted by atomic mass is 16.2. The van der Waals surface area contributed by atoms with Crippen molar-refractivity contribution in [2.75, 3.05) is 13.1 Å². The number of hydrogen-bond acceptors (Lipinski definition) is 4. The van der Waals surface area contributed by atoms with E-state index in [2.05, 4.69) is 22.8 Å². The van der Waals surface area contributed by atoms with Gasteiger partial charge in [0.25, 0.3) is 0 Å². The van der Waals surface area contributed by atoms with Crippen LogP contribution in [0.3, 0.4) is 0 Å². The molecule has 1 aromatic rings. The first kappa shape index (κ1) is 27.3. The fourth-order valence-electron chi connectivity index (χ4n) is 7.88. The van der Waals surface area contributed by atoms with Crippen molar-refractivity contribution in [3.05, 3.63) is 35.4 Å². The molecule has 8 nitrogen and oxygen atoms in total. The van der Waals surface area contributed by atoms with Gasteiger partial charge in [0.2, 0.25) is 23.6 Å². The van der Waals surface area contributed by atoms with E-state index in [9.17, 15) is 19.2 Å². The lowest BCUT2D eigenvalue weighted by molar-refractivity contribution is -0.141. The van der Waals surface area contributed by atoms with Gasteiger partial charge in [0.05, 0.1) is 24.0 Å². The predicted octanol–water partition coefficient (Wildman–Crippen LogP) is 3.49. The van der Waals surface area contributed by atoms with Gasteiger partial charge in [-0.3, -0.25) is 19.2 Å². The molecule has 2 N–H and O–H groups in total. The standard InChI is InChI=1S/C32H44N4O4/c1-2-27(37)34-28(21-10-4-3-5-11-21)32(40)35-18-17-26-29(35)24(19-36(26)31(39)22-15-16-22)30(38)33-25-14-8-12-20-9-6-7-13-23(20)25/h6-7,9,13,21-22,24-26,28-29H,2-5,8,10-12,14-19H2,1H3,(H,33,38)(H,34,37). The van der Waals surface area contributed by atoms with Gasteiger partial charge >= 0.3 is 0 Å². The summed E-state index contributed by atoms with van der Waals surface area (Å²) in [6.07, 6.45) is 11.0. The summed E-state index contributed by atoms with van der Waals surface area (Å²) in [5.41, 5.74) is 2.47. The predicted molar refractivity (Wildman–Crippen MR) is 151 cm³/mol. The Bertz CT molecular complexity index is 1140. The Hall–Kier alpha value is -2.90. The van der Waals surface area contributed by atoms with Crippen LogP contribution in [-0.4, -0.2) is 64.6 Å². The lowest BCUT2D eigenvalue weighted by atomic mass is 9.83. The van der Waals surface area contributed by atoms with Crippen LogP contribution in [-0.2, 0) is 25.6 Å². The van der Waals surface area contributed by atoms with Crippen LogP contribution in [0.25, 0.3) is 0 Å². The zero-order valence-electron chi connectivity index (χ0n) is 23.8. The molecule has 216 valence electrons. The minimum Gasteiger partial charge on any atom is -0.349 e. The van der Waals surface area contributed by atoms with E-state index < -0.39 is 12.0 Å². The van der Waals surface area contributed by atoms with Gasteiger partial charge in [-0.2, -0.15) is 0 Å². The molecular formula is C32H44N4O4. The van der Waals surface area contributed by atoms with Crippen LogP contribution >= 0.6 is 0 Å². The summed E-state index contributed by atoms with van der Waals surface area (Å²) in [6, 6.07) is 7.23. The summed E-state index contributed by atoms with van der Waals surface area (Å²) in [7, 11) is 0. The minimum atomic E-state index is -0.561. The van der Waals surface area contributed by atoms with E-state index >= 15 is 0 Å². The number of nitrogens with one attached hydrogen (secondary N) is 2. The van der Waals surface area contributed by atoms with Gasteiger partial charge in [0.15, 0.2) is 0 Å². The highest BCUT2D eigenvalue weighted by Gasteiger charge is 2.56. The third-order valence-corrected chi connectivity index (χ3v) is 10.2. The summed E-state index contributed by atoms with van der Waals surface area (Å²) >= 11 is 0. The second-order valence-corrected chi connectivity index (χ2v) is 12.7. The summed E-state index contributed by atoms with van der Waals surface area (Å²) in [5.74, 6) is -0.379. The molecule has 2 aliphatic heterocycles. The van der Waals surface area contributed by atoms with E-state index in [1.165, 1.54) is 17.5 Å². The molecule has 3 aliphatic carbocycles. The molecule has 0 spiro atoms. The molecule has 6 rings (SSSR count). The molecule has 40 heavy (non-hydrogen) atoms. The minimum absolute atomic E-state index is 0.0477. The van der Waals surface area contributed by atoms with Crippen LogP contribution in [0.2, 0.25) is 0 Å². The van der Waals surface area contributed by atoms with Gasteiger partial charge in [0.1, 0.15) is 6.04 Å². The Morgan fingerprint density at radius 2 is 1.70 bits per heavy atom. The quantitative estimate of drug-likeness (QED) is 0.545. The third-order valence-electron chi connectivity index (χ3n) is 10.2.